The van der Waals surface area contributed by atoms with Crippen LogP contribution in [0.15, 0.2) is 24.3 Å². The third kappa shape index (κ3) is 2.88. The summed E-state index contributed by atoms with van der Waals surface area (Å²) in [5.74, 6) is 1.05. The van der Waals surface area contributed by atoms with Crippen molar-refractivity contribution in [3.63, 3.8) is 0 Å². The second-order valence-electron chi connectivity index (χ2n) is 4.80. The van der Waals surface area contributed by atoms with E-state index in [4.69, 9.17) is 4.74 Å². The van der Waals surface area contributed by atoms with Gasteiger partial charge in [0.05, 0.1) is 6.54 Å². The topological polar surface area (TPSA) is 46.6 Å². The Bertz CT molecular complexity index is 451. The van der Waals surface area contributed by atoms with Gasteiger partial charge in [-0.3, -0.25) is 4.79 Å². The standard InChI is InChI=1S/C14H17NO3/c1-10(2)11-3-5-13(6-4-11)18-14(17)15-8-7-12(16)9-15/h3-6,10H,7-9H2,1-2H3. The number of nitrogens with zero attached hydrogens (tertiary/aromatic N) is 1. The van der Waals surface area contributed by atoms with Crippen molar-refractivity contribution < 1.29 is 14.3 Å². The Morgan fingerprint density at radius 2 is 1.94 bits per heavy atom. The van der Waals surface area contributed by atoms with Crippen molar-refractivity contribution in [1.29, 1.82) is 0 Å². The monoisotopic (exact) mass is 247 g/mol. The lowest BCUT2D eigenvalue weighted by Gasteiger charge is -2.14. The summed E-state index contributed by atoms with van der Waals surface area (Å²) in [6, 6.07) is 7.46. The van der Waals surface area contributed by atoms with Gasteiger partial charge in [0.2, 0.25) is 0 Å². The zero-order valence-corrected chi connectivity index (χ0v) is 10.7. The van der Waals surface area contributed by atoms with Crippen molar-refractivity contribution in [3.05, 3.63) is 29.8 Å². The zero-order chi connectivity index (χ0) is 13.1. The van der Waals surface area contributed by atoms with E-state index in [1.807, 2.05) is 12.1 Å². The van der Waals surface area contributed by atoms with Crippen LogP contribution in [0.5, 0.6) is 5.75 Å². The summed E-state index contributed by atoms with van der Waals surface area (Å²) in [5.41, 5.74) is 1.20. The van der Waals surface area contributed by atoms with Crippen LogP contribution in [0.1, 0.15) is 31.7 Å². The number of ether oxygens (including phenoxy) is 1. The van der Waals surface area contributed by atoms with Crippen LogP contribution in [-0.4, -0.2) is 29.9 Å². The molecule has 0 atom stereocenters. The molecule has 2 rings (SSSR count). The van der Waals surface area contributed by atoms with Gasteiger partial charge in [0.15, 0.2) is 5.78 Å². The van der Waals surface area contributed by atoms with Crippen molar-refractivity contribution in [3.8, 4) is 5.75 Å². The Hall–Kier alpha value is -1.84. The number of carbonyl (C=O) groups excluding carboxylic acids is 2. The maximum Gasteiger partial charge on any atom is 0.415 e. The summed E-state index contributed by atoms with van der Waals surface area (Å²) in [6.45, 7) is 4.85. The maximum atomic E-state index is 11.7. The van der Waals surface area contributed by atoms with Crippen LogP contribution in [0.2, 0.25) is 0 Å². The van der Waals surface area contributed by atoms with Crippen LogP contribution in [0.4, 0.5) is 4.79 Å². The molecule has 1 aliphatic heterocycles. The lowest BCUT2D eigenvalue weighted by molar-refractivity contribution is -0.116. The molecule has 0 unspecified atom stereocenters. The van der Waals surface area contributed by atoms with E-state index in [1.165, 1.54) is 10.5 Å². The quantitative estimate of drug-likeness (QED) is 0.807. The normalized spacial score (nSPS) is 15.3. The predicted molar refractivity (Wildman–Crippen MR) is 67.8 cm³/mol. The summed E-state index contributed by atoms with van der Waals surface area (Å²) in [7, 11) is 0. The van der Waals surface area contributed by atoms with Crippen LogP contribution < -0.4 is 4.74 Å². The second-order valence-corrected chi connectivity index (χ2v) is 4.80. The Morgan fingerprint density at radius 3 is 2.44 bits per heavy atom. The summed E-state index contributed by atoms with van der Waals surface area (Å²) in [5, 5.41) is 0. The summed E-state index contributed by atoms with van der Waals surface area (Å²) in [6.07, 6.45) is -0.0142. The van der Waals surface area contributed by atoms with E-state index < -0.39 is 6.09 Å². The second kappa shape index (κ2) is 5.21. The number of carbonyl (C=O) groups is 2. The molecule has 1 saturated heterocycles. The minimum absolute atomic E-state index is 0.0853. The van der Waals surface area contributed by atoms with Gasteiger partial charge in [-0.1, -0.05) is 26.0 Å². The van der Waals surface area contributed by atoms with E-state index in [1.54, 1.807) is 12.1 Å². The average Bonchev–Trinajstić information content (AvgIpc) is 2.76. The highest BCUT2D eigenvalue weighted by atomic mass is 16.6. The van der Waals surface area contributed by atoms with E-state index in [9.17, 15) is 9.59 Å². The number of hydrogen-bond donors (Lipinski definition) is 0. The molecule has 0 saturated carbocycles. The molecular formula is C14H17NO3. The van der Waals surface area contributed by atoms with Crippen molar-refractivity contribution in [2.45, 2.75) is 26.2 Å². The Morgan fingerprint density at radius 1 is 1.28 bits per heavy atom. The highest BCUT2D eigenvalue weighted by Crippen LogP contribution is 2.19. The van der Waals surface area contributed by atoms with E-state index in [2.05, 4.69) is 13.8 Å². The number of Topliss-reactive ketones (excluding diaryl/α,β-unsaturated/α-hetero) is 1. The Kier molecular flexibility index (Phi) is 3.65. The summed E-state index contributed by atoms with van der Waals surface area (Å²) < 4.78 is 5.22. The first-order chi connectivity index (χ1) is 8.56. The van der Waals surface area contributed by atoms with Gasteiger partial charge >= 0.3 is 6.09 Å². The smallest absolute Gasteiger partial charge is 0.410 e. The van der Waals surface area contributed by atoms with Crippen LogP contribution in [0.3, 0.4) is 0 Å². The molecule has 0 N–H and O–H groups in total. The fourth-order valence-electron chi connectivity index (χ4n) is 1.87. The van der Waals surface area contributed by atoms with E-state index in [-0.39, 0.29) is 12.3 Å². The first-order valence-electron chi connectivity index (χ1n) is 6.14. The molecule has 1 aromatic carbocycles. The van der Waals surface area contributed by atoms with Gasteiger partial charge in [0.25, 0.3) is 0 Å². The highest BCUT2D eigenvalue weighted by molar-refractivity contribution is 5.87. The minimum Gasteiger partial charge on any atom is -0.410 e. The number of likely N-dealkylation sites (tertiary alicyclic amines) is 1. The van der Waals surface area contributed by atoms with E-state index in [0.29, 0.717) is 24.6 Å². The molecule has 96 valence electrons. The lowest BCUT2D eigenvalue weighted by atomic mass is 10.0. The highest BCUT2D eigenvalue weighted by Gasteiger charge is 2.25. The molecule has 1 heterocycles. The molecule has 0 aliphatic carbocycles. The molecular weight excluding hydrogens is 230 g/mol. The van der Waals surface area contributed by atoms with Gasteiger partial charge in [0.1, 0.15) is 5.75 Å². The molecule has 18 heavy (non-hydrogen) atoms. The molecule has 1 fully saturated rings. The van der Waals surface area contributed by atoms with Crippen molar-refractivity contribution in [2.75, 3.05) is 13.1 Å². The Labute approximate surface area is 107 Å². The number of hydrogen-bond acceptors (Lipinski definition) is 3. The molecule has 0 radical (unpaired) electrons. The molecule has 0 aromatic heterocycles. The largest absolute Gasteiger partial charge is 0.415 e. The van der Waals surface area contributed by atoms with Gasteiger partial charge in [0, 0.05) is 13.0 Å². The fraction of sp³-hybridized carbons (Fsp3) is 0.429. The number of ketones is 1. The molecule has 1 aromatic rings. The third-order valence-electron chi connectivity index (χ3n) is 3.04. The predicted octanol–water partition coefficient (Wildman–Crippen LogP) is 2.58. The van der Waals surface area contributed by atoms with Crippen LogP contribution in [-0.2, 0) is 4.79 Å². The maximum absolute atomic E-state index is 11.7. The van der Waals surface area contributed by atoms with Crippen LogP contribution >= 0.6 is 0 Å². The fourth-order valence-corrected chi connectivity index (χ4v) is 1.87. The SMILES string of the molecule is CC(C)c1ccc(OC(=O)N2CCC(=O)C2)cc1. The molecule has 4 nitrogen and oxygen atoms in total. The van der Waals surface area contributed by atoms with Gasteiger partial charge < -0.3 is 9.64 Å². The number of benzene rings is 1. The number of rotatable bonds is 2. The van der Waals surface area contributed by atoms with Gasteiger partial charge in [-0.15, -0.1) is 0 Å². The van der Waals surface area contributed by atoms with E-state index in [0.717, 1.165) is 0 Å². The Balaban J connectivity index is 1.97. The van der Waals surface area contributed by atoms with Gasteiger partial charge in [-0.25, -0.2) is 4.79 Å². The van der Waals surface area contributed by atoms with Crippen LogP contribution in [0, 0.1) is 0 Å². The minimum atomic E-state index is -0.446. The molecule has 4 heteroatoms. The molecule has 1 aliphatic rings. The van der Waals surface area contributed by atoms with Crippen molar-refractivity contribution >= 4 is 11.9 Å². The molecule has 0 bridgehead atoms. The summed E-state index contributed by atoms with van der Waals surface area (Å²) in [4.78, 5) is 24.2. The zero-order valence-electron chi connectivity index (χ0n) is 10.7. The van der Waals surface area contributed by atoms with Gasteiger partial charge in [-0.05, 0) is 23.6 Å². The number of amides is 1. The van der Waals surface area contributed by atoms with Gasteiger partial charge in [-0.2, -0.15) is 0 Å². The van der Waals surface area contributed by atoms with E-state index >= 15 is 0 Å². The molecule has 1 amide bonds. The summed E-state index contributed by atoms with van der Waals surface area (Å²) >= 11 is 0. The average molecular weight is 247 g/mol. The first kappa shape index (κ1) is 12.6. The van der Waals surface area contributed by atoms with Crippen LogP contribution in [0.25, 0.3) is 0 Å². The first-order valence-corrected chi connectivity index (χ1v) is 6.14. The van der Waals surface area contributed by atoms with Crippen molar-refractivity contribution in [1.82, 2.24) is 4.90 Å². The lowest BCUT2D eigenvalue weighted by Crippen LogP contribution is -2.31. The third-order valence-corrected chi connectivity index (χ3v) is 3.04. The van der Waals surface area contributed by atoms with Crippen molar-refractivity contribution in [2.24, 2.45) is 0 Å². The molecule has 0 spiro atoms.